The molecule has 5 nitrogen and oxygen atoms in total. The van der Waals surface area contributed by atoms with Crippen molar-refractivity contribution in [2.75, 3.05) is 6.61 Å². The first-order valence-corrected chi connectivity index (χ1v) is 5.81. The van der Waals surface area contributed by atoms with Gasteiger partial charge in [0, 0.05) is 11.9 Å². The number of aromatic carboxylic acids is 1. The Morgan fingerprint density at radius 2 is 1.95 bits per heavy atom. The molecule has 1 aromatic carbocycles. The van der Waals surface area contributed by atoms with E-state index in [0.717, 1.165) is 0 Å². The van der Waals surface area contributed by atoms with Gasteiger partial charge in [0.25, 0.3) is 5.56 Å². The average Bonchev–Trinajstić information content (AvgIpc) is 2.40. The first kappa shape index (κ1) is 12.9. The fourth-order valence-corrected chi connectivity index (χ4v) is 1.73. The third-order valence-electron chi connectivity index (χ3n) is 2.60. The minimum Gasteiger partial charge on any atom is -0.494 e. The highest BCUT2D eigenvalue weighted by molar-refractivity contribution is 5.87. The molecule has 2 rings (SSSR count). The zero-order chi connectivity index (χ0) is 13.8. The van der Waals surface area contributed by atoms with Crippen molar-refractivity contribution in [1.29, 1.82) is 0 Å². The predicted molar refractivity (Wildman–Crippen MR) is 70.2 cm³/mol. The summed E-state index contributed by atoms with van der Waals surface area (Å²) in [5.74, 6) is -0.529. The van der Waals surface area contributed by atoms with Crippen LogP contribution in [0.25, 0.3) is 5.69 Å². The van der Waals surface area contributed by atoms with Gasteiger partial charge in [-0.3, -0.25) is 9.36 Å². The van der Waals surface area contributed by atoms with E-state index in [-0.39, 0.29) is 5.56 Å². The second-order valence-electron chi connectivity index (χ2n) is 3.83. The lowest BCUT2D eigenvalue weighted by Crippen LogP contribution is -2.24. The lowest BCUT2D eigenvalue weighted by Gasteiger charge is -2.08. The van der Waals surface area contributed by atoms with Gasteiger partial charge in [0.15, 0.2) is 0 Å². The number of pyridine rings is 1. The molecule has 0 atom stereocenters. The SMILES string of the molecule is CCOc1ccc(-n2cccc(C(=O)O)c2=O)cc1. The summed E-state index contributed by atoms with van der Waals surface area (Å²) in [5, 5.41) is 8.92. The van der Waals surface area contributed by atoms with Crippen LogP contribution >= 0.6 is 0 Å². The van der Waals surface area contributed by atoms with E-state index in [1.165, 1.54) is 22.9 Å². The number of carbonyl (C=O) groups is 1. The van der Waals surface area contributed by atoms with Crippen LogP contribution in [0.5, 0.6) is 5.75 Å². The highest BCUT2D eigenvalue weighted by Crippen LogP contribution is 2.14. The van der Waals surface area contributed by atoms with Crippen LogP contribution in [0.15, 0.2) is 47.4 Å². The van der Waals surface area contributed by atoms with E-state index in [0.29, 0.717) is 18.0 Å². The van der Waals surface area contributed by atoms with Crippen molar-refractivity contribution in [2.45, 2.75) is 6.92 Å². The molecule has 2 aromatic rings. The van der Waals surface area contributed by atoms with Gasteiger partial charge in [-0.2, -0.15) is 0 Å². The number of carboxylic acid groups (broad SMARTS) is 1. The van der Waals surface area contributed by atoms with Crippen molar-refractivity contribution < 1.29 is 14.6 Å². The molecule has 0 saturated carbocycles. The molecular formula is C14H13NO4. The van der Waals surface area contributed by atoms with Crippen LogP contribution in [0.3, 0.4) is 0 Å². The Morgan fingerprint density at radius 3 is 2.53 bits per heavy atom. The summed E-state index contributed by atoms with van der Waals surface area (Å²) >= 11 is 0. The Bertz CT molecular complexity index is 643. The lowest BCUT2D eigenvalue weighted by molar-refractivity contribution is 0.0694. The summed E-state index contributed by atoms with van der Waals surface area (Å²) in [5.41, 5.74) is -0.216. The van der Waals surface area contributed by atoms with Crippen molar-refractivity contribution in [1.82, 2.24) is 4.57 Å². The maximum atomic E-state index is 12.0. The second-order valence-corrected chi connectivity index (χ2v) is 3.83. The van der Waals surface area contributed by atoms with E-state index in [1.54, 1.807) is 24.3 Å². The number of carboxylic acids is 1. The van der Waals surface area contributed by atoms with Gasteiger partial charge in [0.2, 0.25) is 0 Å². The fourth-order valence-electron chi connectivity index (χ4n) is 1.73. The highest BCUT2D eigenvalue weighted by atomic mass is 16.5. The standard InChI is InChI=1S/C14H13NO4/c1-2-19-11-7-5-10(6-8-11)15-9-3-4-12(13(15)16)14(17)18/h3-9H,2H2,1H3,(H,17,18). The molecular weight excluding hydrogens is 246 g/mol. The molecule has 1 heterocycles. The molecule has 0 fully saturated rings. The Hall–Kier alpha value is -2.56. The van der Waals surface area contributed by atoms with E-state index < -0.39 is 11.5 Å². The minimum absolute atomic E-state index is 0.253. The van der Waals surface area contributed by atoms with Crippen molar-refractivity contribution in [3.8, 4) is 11.4 Å². The van der Waals surface area contributed by atoms with Crippen LogP contribution in [-0.4, -0.2) is 22.2 Å². The molecule has 1 aromatic heterocycles. The summed E-state index contributed by atoms with van der Waals surface area (Å²) in [6, 6.07) is 9.70. The van der Waals surface area contributed by atoms with Gasteiger partial charge in [-0.25, -0.2) is 4.79 Å². The summed E-state index contributed by atoms with van der Waals surface area (Å²) in [4.78, 5) is 22.9. The topological polar surface area (TPSA) is 68.5 Å². The first-order chi connectivity index (χ1) is 9.13. The molecule has 0 bridgehead atoms. The Balaban J connectivity index is 2.45. The summed E-state index contributed by atoms with van der Waals surface area (Å²) < 4.78 is 6.60. The van der Waals surface area contributed by atoms with Crippen molar-refractivity contribution in [3.63, 3.8) is 0 Å². The van der Waals surface area contributed by atoms with Crippen LogP contribution in [0.4, 0.5) is 0 Å². The fraction of sp³-hybridized carbons (Fsp3) is 0.143. The smallest absolute Gasteiger partial charge is 0.341 e. The molecule has 5 heteroatoms. The number of hydrogen-bond donors (Lipinski definition) is 1. The van der Waals surface area contributed by atoms with Crippen LogP contribution < -0.4 is 10.3 Å². The average molecular weight is 259 g/mol. The molecule has 0 aliphatic carbocycles. The summed E-state index contributed by atoms with van der Waals surface area (Å²) in [7, 11) is 0. The minimum atomic E-state index is -1.23. The number of aromatic nitrogens is 1. The van der Waals surface area contributed by atoms with Crippen LogP contribution in [0.1, 0.15) is 17.3 Å². The molecule has 1 N–H and O–H groups in total. The zero-order valence-electron chi connectivity index (χ0n) is 10.4. The van der Waals surface area contributed by atoms with E-state index >= 15 is 0 Å². The number of rotatable bonds is 4. The quantitative estimate of drug-likeness (QED) is 0.911. The van der Waals surface area contributed by atoms with Crippen molar-refractivity contribution in [3.05, 3.63) is 58.5 Å². The van der Waals surface area contributed by atoms with Gasteiger partial charge >= 0.3 is 5.97 Å². The Morgan fingerprint density at radius 1 is 1.26 bits per heavy atom. The molecule has 0 spiro atoms. The molecule has 0 unspecified atom stereocenters. The van der Waals surface area contributed by atoms with Gasteiger partial charge in [-0.15, -0.1) is 0 Å². The van der Waals surface area contributed by atoms with Crippen LogP contribution in [0, 0.1) is 0 Å². The van der Waals surface area contributed by atoms with Crippen LogP contribution in [0.2, 0.25) is 0 Å². The van der Waals surface area contributed by atoms with Crippen molar-refractivity contribution in [2.24, 2.45) is 0 Å². The number of nitrogens with zero attached hydrogens (tertiary/aromatic N) is 1. The van der Waals surface area contributed by atoms with Crippen molar-refractivity contribution >= 4 is 5.97 Å². The normalized spacial score (nSPS) is 10.2. The highest BCUT2D eigenvalue weighted by Gasteiger charge is 2.10. The number of hydrogen-bond acceptors (Lipinski definition) is 3. The Labute approximate surface area is 109 Å². The number of benzene rings is 1. The van der Waals surface area contributed by atoms with Crippen LogP contribution in [-0.2, 0) is 0 Å². The maximum Gasteiger partial charge on any atom is 0.341 e. The van der Waals surface area contributed by atoms with Gasteiger partial charge in [0.1, 0.15) is 11.3 Å². The predicted octanol–water partition coefficient (Wildman–Crippen LogP) is 1.93. The summed E-state index contributed by atoms with van der Waals surface area (Å²) in [6.07, 6.45) is 1.53. The Kier molecular flexibility index (Phi) is 3.66. The first-order valence-electron chi connectivity index (χ1n) is 5.81. The number of ether oxygens (including phenoxy) is 1. The van der Waals surface area contributed by atoms with E-state index in [1.807, 2.05) is 6.92 Å². The third-order valence-corrected chi connectivity index (χ3v) is 2.60. The molecule has 0 aliphatic heterocycles. The molecule has 0 aliphatic rings. The monoisotopic (exact) mass is 259 g/mol. The molecule has 0 saturated heterocycles. The van der Waals surface area contributed by atoms with E-state index in [2.05, 4.69) is 0 Å². The molecule has 0 amide bonds. The molecule has 19 heavy (non-hydrogen) atoms. The van der Waals surface area contributed by atoms with Gasteiger partial charge in [-0.05, 0) is 43.3 Å². The maximum absolute atomic E-state index is 12.0. The van der Waals surface area contributed by atoms with Gasteiger partial charge in [-0.1, -0.05) is 0 Å². The molecule has 0 radical (unpaired) electrons. The van der Waals surface area contributed by atoms with E-state index in [4.69, 9.17) is 9.84 Å². The largest absolute Gasteiger partial charge is 0.494 e. The second kappa shape index (κ2) is 5.39. The lowest BCUT2D eigenvalue weighted by atomic mass is 10.2. The van der Waals surface area contributed by atoms with Gasteiger partial charge in [0.05, 0.1) is 6.61 Å². The third kappa shape index (κ3) is 2.65. The van der Waals surface area contributed by atoms with E-state index in [9.17, 15) is 9.59 Å². The van der Waals surface area contributed by atoms with Gasteiger partial charge < -0.3 is 9.84 Å². The summed E-state index contributed by atoms with van der Waals surface area (Å²) in [6.45, 7) is 2.45. The zero-order valence-corrected chi connectivity index (χ0v) is 10.4. The molecule has 98 valence electrons.